The molecule has 0 unspecified atom stereocenters. The Morgan fingerprint density at radius 1 is 1.57 bits per heavy atom. The number of primary amides is 1. The van der Waals surface area contributed by atoms with Crippen LogP contribution in [0, 0.1) is 5.82 Å². The lowest BCUT2D eigenvalue weighted by molar-refractivity contribution is -0.117. The number of anilines is 1. The number of nitrogens with two attached hydrogens (primary N) is 1. The second-order valence-corrected chi connectivity index (χ2v) is 3.62. The number of benzene rings is 1. The predicted octanol–water partition coefficient (Wildman–Crippen LogP) is 1.88. The van der Waals surface area contributed by atoms with Crippen molar-refractivity contribution < 1.29 is 9.18 Å². The Balaban J connectivity index is 2.57. The van der Waals surface area contributed by atoms with E-state index < -0.39 is 0 Å². The number of carbonyl (C=O) groups excluding carboxylic acids is 1. The molecule has 0 aliphatic rings. The van der Waals surface area contributed by atoms with Crippen LogP contribution in [0.3, 0.4) is 0 Å². The standard InChI is InChI=1S/C9H10BrFN2O/c10-7-2-1-6(11)5-8(7)13-4-3-9(12)14/h1-2,5,13H,3-4H2,(H2,12,14). The van der Waals surface area contributed by atoms with E-state index >= 15 is 0 Å². The first-order valence-electron chi connectivity index (χ1n) is 4.07. The molecule has 0 spiro atoms. The zero-order chi connectivity index (χ0) is 10.6. The van der Waals surface area contributed by atoms with E-state index in [4.69, 9.17) is 5.73 Å². The SMILES string of the molecule is NC(=O)CCNc1cc(F)ccc1Br. The molecular weight excluding hydrogens is 251 g/mol. The smallest absolute Gasteiger partial charge is 0.219 e. The zero-order valence-electron chi connectivity index (χ0n) is 7.39. The molecule has 3 N–H and O–H groups in total. The molecule has 1 aromatic rings. The molecule has 0 bridgehead atoms. The maximum absolute atomic E-state index is 12.8. The van der Waals surface area contributed by atoms with Gasteiger partial charge in [0.25, 0.3) is 0 Å². The third-order valence-electron chi connectivity index (χ3n) is 1.62. The van der Waals surface area contributed by atoms with Crippen LogP contribution in [0.25, 0.3) is 0 Å². The lowest BCUT2D eigenvalue weighted by Crippen LogP contribution is -2.16. The van der Waals surface area contributed by atoms with Gasteiger partial charge >= 0.3 is 0 Å². The Labute approximate surface area is 89.6 Å². The van der Waals surface area contributed by atoms with Crippen molar-refractivity contribution in [2.45, 2.75) is 6.42 Å². The number of amides is 1. The fourth-order valence-electron chi connectivity index (χ4n) is 0.953. The Morgan fingerprint density at radius 3 is 2.93 bits per heavy atom. The van der Waals surface area contributed by atoms with E-state index in [-0.39, 0.29) is 18.1 Å². The van der Waals surface area contributed by atoms with Crippen LogP contribution in [-0.4, -0.2) is 12.5 Å². The Hall–Kier alpha value is -1.10. The van der Waals surface area contributed by atoms with Crippen LogP contribution < -0.4 is 11.1 Å². The van der Waals surface area contributed by atoms with Gasteiger partial charge in [0.1, 0.15) is 5.82 Å². The van der Waals surface area contributed by atoms with E-state index in [9.17, 15) is 9.18 Å². The van der Waals surface area contributed by atoms with E-state index in [2.05, 4.69) is 21.2 Å². The Morgan fingerprint density at radius 2 is 2.29 bits per heavy atom. The van der Waals surface area contributed by atoms with Gasteiger partial charge in [-0.2, -0.15) is 0 Å². The average molecular weight is 261 g/mol. The summed E-state index contributed by atoms with van der Waals surface area (Å²) in [7, 11) is 0. The van der Waals surface area contributed by atoms with Crippen LogP contribution in [0.2, 0.25) is 0 Å². The molecule has 0 fully saturated rings. The Bertz CT molecular complexity index is 344. The summed E-state index contributed by atoms with van der Waals surface area (Å²) in [5.41, 5.74) is 5.58. The summed E-state index contributed by atoms with van der Waals surface area (Å²) in [5.74, 6) is -0.709. The second kappa shape index (κ2) is 4.95. The average Bonchev–Trinajstić information content (AvgIpc) is 2.10. The quantitative estimate of drug-likeness (QED) is 0.869. The minimum Gasteiger partial charge on any atom is -0.384 e. The van der Waals surface area contributed by atoms with Gasteiger partial charge in [-0.25, -0.2) is 4.39 Å². The lowest BCUT2D eigenvalue weighted by atomic mass is 10.3. The van der Waals surface area contributed by atoms with Gasteiger partial charge in [0.2, 0.25) is 5.91 Å². The summed E-state index contributed by atoms with van der Waals surface area (Å²) in [6, 6.07) is 4.30. The molecule has 0 heterocycles. The highest BCUT2D eigenvalue weighted by molar-refractivity contribution is 9.10. The highest BCUT2D eigenvalue weighted by Gasteiger charge is 2.01. The number of halogens is 2. The van der Waals surface area contributed by atoms with E-state index in [1.807, 2.05) is 0 Å². The van der Waals surface area contributed by atoms with Crippen LogP contribution in [0.15, 0.2) is 22.7 Å². The van der Waals surface area contributed by atoms with Crippen molar-refractivity contribution in [2.24, 2.45) is 5.73 Å². The van der Waals surface area contributed by atoms with Gasteiger partial charge in [0.05, 0.1) is 5.69 Å². The molecule has 0 saturated heterocycles. The number of rotatable bonds is 4. The normalized spacial score (nSPS) is 9.86. The highest BCUT2D eigenvalue weighted by atomic mass is 79.9. The molecule has 0 aromatic heterocycles. The molecule has 3 nitrogen and oxygen atoms in total. The van der Waals surface area contributed by atoms with E-state index in [0.717, 1.165) is 4.47 Å². The first-order valence-corrected chi connectivity index (χ1v) is 4.86. The molecule has 1 amide bonds. The number of nitrogens with one attached hydrogen (secondary N) is 1. The van der Waals surface area contributed by atoms with Gasteiger partial charge in [-0.05, 0) is 34.1 Å². The van der Waals surface area contributed by atoms with Gasteiger partial charge in [0, 0.05) is 17.4 Å². The molecule has 1 rings (SSSR count). The molecule has 1 aromatic carbocycles. The van der Waals surface area contributed by atoms with Gasteiger partial charge in [-0.1, -0.05) is 0 Å². The van der Waals surface area contributed by atoms with Gasteiger partial charge in [-0.3, -0.25) is 4.79 Å². The highest BCUT2D eigenvalue weighted by Crippen LogP contribution is 2.22. The lowest BCUT2D eigenvalue weighted by Gasteiger charge is -2.06. The number of carbonyl (C=O) groups is 1. The fraction of sp³-hybridized carbons (Fsp3) is 0.222. The topological polar surface area (TPSA) is 55.1 Å². The maximum atomic E-state index is 12.8. The summed E-state index contributed by atoms with van der Waals surface area (Å²) in [5, 5.41) is 2.90. The summed E-state index contributed by atoms with van der Waals surface area (Å²) in [4.78, 5) is 10.4. The largest absolute Gasteiger partial charge is 0.384 e. The third kappa shape index (κ3) is 3.33. The minimum atomic E-state index is -0.384. The minimum absolute atomic E-state index is 0.225. The predicted molar refractivity (Wildman–Crippen MR) is 56.4 cm³/mol. The first-order chi connectivity index (χ1) is 6.59. The number of hydrogen-bond donors (Lipinski definition) is 2. The molecule has 5 heteroatoms. The summed E-state index contributed by atoms with van der Waals surface area (Å²) in [6.07, 6.45) is 0.225. The molecule has 0 aliphatic heterocycles. The summed E-state index contributed by atoms with van der Waals surface area (Å²) < 4.78 is 13.5. The van der Waals surface area contributed by atoms with Crippen LogP contribution in [0.5, 0.6) is 0 Å². The zero-order valence-corrected chi connectivity index (χ0v) is 8.97. The maximum Gasteiger partial charge on any atom is 0.219 e. The van der Waals surface area contributed by atoms with Gasteiger partial charge in [-0.15, -0.1) is 0 Å². The van der Waals surface area contributed by atoms with E-state index in [0.29, 0.717) is 12.2 Å². The van der Waals surface area contributed by atoms with Crippen molar-refractivity contribution in [1.29, 1.82) is 0 Å². The third-order valence-corrected chi connectivity index (χ3v) is 2.31. The molecule has 0 saturated carbocycles. The molecular formula is C9H10BrFN2O. The van der Waals surface area contributed by atoms with Crippen molar-refractivity contribution in [1.82, 2.24) is 0 Å². The van der Waals surface area contributed by atoms with Crippen LogP contribution in [-0.2, 0) is 4.79 Å². The molecule has 0 aliphatic carbocycles. The van der Waals surface area contributed by atoms with E-state index in [1.165, 1.54) is 12.1 Å². The second-order valence-electron chi connectivity index (χ2n) is 2.77. The van der Waals surface area contributed by atoms with Crippen LogP contribution in [0.4, 0.5) is 10.1 Å². The molecule has 76 valence electrons. The van der Waals surface area contributed by atoms with Gasteiger partial charge < -0.3 is 11.1 Å². The molecule has 14 heavy (non-hydrogen) atoms. The van der Waals surface area contributed by atoms with Crippen LogP contribution in [0.1, 0.15) is 6.42 Å². The first kappa shape index (κ1) is 11.0. The van der Waals surface area contributed by atoms with E-state index in [1.54, 1.807) is 6.07 Å². The van der Waals surface area contributed by atoms with Crippen molar-refractivity contribution >= 4 is 27.5 Å². The van der Waals surface area contributed by atoms with Crippen LogP contribution >= 0.6 is 15.9 Å². The Kier molecular flexibility index (Phi) is 3.88. The molecule has 0 radical (unpaired) electrons. The summed E-state index contributed by atoms with van der Waals surface area (Å²) in [6.45, 7) is 0.400. The van der Waals surface area contributed by atoms with Crippen molar-refractivity contribution in [2.75, 3.05) is 11.9 Å². The molecule has 0 atom stereocenters. The van der Waals surface area contributed by atoms with Crippen molar-refractivity contribution in [3.63, 3.8) is 0 Å². The van der Waals surface area contributed by atoms with Crippen molar-refractivity contribution in [3.8, 4) is 0 Å². The fourth-order valence-corrected chi connectivity index (χ4v) is 1.34. The summed E-state index contributed by atoms with van der Waals surface area (Å²) >= 11 is 3.25. The van der Waals surface area contributed by atoms with Gasteiger partial charge in [0.15, 0.2) is 0 Å². The monoisotopic (exact) mass is 260 g/mol. The van der Waals surface area contributed by atoms with Crippen molar-refractivity contribution in [3.05, 3.63) is 28.5 Å². The number of hydrogen-bond acceptors (Lipinski definition) is 2.